The lowest BCUT2D eigenvalue weighted by Crippen LogP contribution is -2.76. The highest BCUT2D eigenvalue weighted by molar-refractivity contribution is 6.05. The van der Waals surface area contributed by atoms with Crippen LogP contribution in [-0.4, -0.2) is 80.5 Å². The van der Waals surface area contributed by atoms with Gasteiger partial charge in [-0.1, -0.05) is 56.8 Å². The summed E-state index contributed by atoms with van der Waals surface area (Å²) in [5.41, 5.74) is -5.64. The van der Waals surface area contributed by atoms with Crippen LogP contribution in [-0.2, 0) is 39.2 Å². The highest BCUT2D eigenvalue weighted by Gasteiger charge is 2.90. The van der Waals surface area contributed by atoms with Gasteiger partial charge in [-0.3, -0.25) is 9.59 Å². The predicted octanol–water partition coefficient (Wildman–Crippen LogP) is 1.26. The molecule has 3 N–H and O–H groups in total. The van der Waals surface area contributed by atoms with Crippen molar-refractivity contribution in [3.8, 4) is 0 Å². The Hall–Kier alpha value is -2.44. The molecule has 2 saturated carbocycles. The summed E-state index contributed by atoms with van der Waals surface area (Å²) in [6, 6.07) is 9.02. The fraction of sp³-hybridized carbons (Fsp3) is 0.600. The molecule has 0 amide bonds. The van der Waals surface area contributed by atoms with Gasteiger partial charge in [-0.25, -0.2) is 0 Å². The number of Topliss-reactive ketones (excluding diaryl/α,β-unsaturated/α-hetero) is 1. The quantitative estimate of drug-likeness (QED) is 0.276. The third-order valence-corrected chi connectivity index (χ3v) is 10.4. The first kappa shape index (κ1) is 26.5. The number of hydrogen-bond donors (Lipinski definition) is 3. The molecule has 0 radical (unpaired) electrons. The Morgan fingerprint density at radius 2 is 1.85 bits per heavy atom. The number of fused-ring (bicyclic) bond motifs is 3. The van der Waals surface area contributed by atoms with Crippen LogP contribution < -0.4 is 0 Å². The molecule has 3 aliphatic carbocycles. The van der Waals surface area contributed by atoms with Gasteiger partial charge in [0.1, 0.15) is 30.0 Å². The number of ether oxygens (including phenoxy) is 5. The summed E-state index contributed by atoms with van der Waals surface area (Å²) in [6.45, 7) is 10.5. The summed E-state index contributed by atoms with van der Waals surface area (Å²) in [4.78, 5) is 26.6. The molecular formula is C30H34O10. The summed E-state index contributed by atoms with van der Waals surface area (Å²) in [5.74, 6) is -5.55. The third kappa shape index (κ3) is 2.65. The molecule has 6 aliphatic rings. The molecule has 5 fully saturated rings. The zero-order valence-electron chi connectivity index (χ0n) is 22.8. The fourth-order valence-corrected chi connectivity index (χ4v) is 8.53. The molecule has 12 atom stereocenters. The van der Waals surface area contributed by atoms with Crippen molar-refractivity contribution < 1.29 is 48.6 Å². The van der Waals surface area contributed by atoms with Crippen molar-refractivity contribution in [1.29, 1.82) is 0 Å². The monoisotopic (exact) mass is 554 g/mol. The first-order chi connectivity index (χ1) is 18.9. The maximum atomic E-state index is 13.7. The smallest absolute Gasteiger partial charge is 0.314 e. The van der Waals surface area contributed by atoms with Gasteiger partial charge in [0.05, 0.1) is 12.2 Å². The Kier molecular flexibility index (Phi) is 5.22. The lowest BCUT2D eigenvalue weighted by molar-refractivity contribution is -0.440. The van der Waals surface area contributed by atoms with Gasteiger partial charge in [-0.05, 0) is 25.0 Å². The van der Waals surface area contributed by atoms with Crippen LogP contribution in [0.3, 0.4) is 0 Å². The largest absolute Gasteiger partial charge is 0.458 e. The molecule has 10 heteroatoms. The molecule has 40 heavy (non-hydrogen) atoms. The van der Waals surface area contributed by atoms with Crippen LogP contribution in [0.15, 0.2) is 54.1 Å². The van der Waals surface area contributed by atoms with E-state index in [1.807, 2.05) is 25.1 Å². The second kappa shape index (κ2) is 7.89. The Bertz CT molecular complexity index is 1360. The molecular weight excluding hydrogens is 520 g/mol. The van der Waals surface area contributed by atoms with Gasteiger partial charge in [0.25, 0.3) is 0 Å². The molecule has 10 nitrogen and oxygen atoms in total. The summed E-state index contributed by atoms with van der Waals surface area (Å²) < 4.78 is 32.8. The van der Waals surface area contributed by atoms with E-state index in [1.165, 1.54) is 0 Å². The van der Waals surface area contributed by atoms with Crippen molar-refractivity contribution in [2.75, 3.05) is 6.61 Å². The average molecular weight is 555 g/mol. The summed E-state index contributed by atoms with van der Waals surface area (Å²) in [7, 11) is 0. The van der Waals surface area contributed by atoms with E-state index < -0.39 is 88.9 Å². The molecule has 3 bridgehead atoms. The summed E-state index contributed by atoms with van der Waals surface area (Å²) in [6.07, 6.45) is -2.79. The minimum absolute atomic E-state index is 0.102. The van der Waals surface area contributed by atoms with Gasteiger partial charge >= 0.3 is 11.9 Å². The van der Waals surface area contributed by atoms with Crippen molar-refractivity contribution in [1.82, 2.24) is 0 Å². The summed E-state index contributed by atoms with van der Waals surface area (Å²) >= 11 is 0. The van der Waals surface area contributed by atoms with Gasteiger partial charge in [0, 0.05) is 29.7 Å². The van der Waals surface area contributed by atoms with Gasteiger partial charge in [0.15, 0.2) is 17.0 Å². The average Bonchev–Trinajstić information content (AvgIpc) is 3.57. The highest BCUT2D eigenvalue weighted by Crippen LogP contribution is 2.74. The number of aliphatic hydroxyl groups is 3. The SMILES string of the molecule is C=C(C)[C@]12OC3(c4ccccc4)O[C@H]1[C@H]1[C@H]4O[C@@]4(CO)[C@H](O)[C@@]4(O)C(=O)C(C)=C[C@@H]4[C@]1(O3)[C@@H](C)[C@@H]2OC(=O)CC. The van der Waals surface area contributed by atoms with Gasteiger partial charge in [-0.2, -0.15) is 0 Å². The predicted molar refractivity (Wildman–Crippen MR) is 136 cm³/mol. The molecule has 3 heterocycles. The number of epoxide rings is 1. The van der Waals surface area contributed by atoms with Crippen molar-refractivity contribution in [3.05, 3.63) is 59.7 Å². The van der Waals surface area contributed by atoms with E-state index in [1.54, 1.807) is 39.0 Å². The van der Waals surface area contributed by atoms with E-state index >= 15 is 0 Å². The molecule has 1 aromatic carbocycles. The van der Waals surface area contributed by atoms with E-state index in [-0.39, 0.29) is 12.0 Å². The molecule has 1 unspecified atom stereocenters. The normalized spacial score (nSPS) is 51.3. The van der Waals surface area contributed by atoms with Gasteiger partial charge in [0.2, 0.25) is 0 Å². The minimum Gasteiger partial charge on any atom is -0.458 e. The van der Waals surface area contributed by atoms with Crippen molar-refractivity contribution in [2.45, 2.75) is 86.9 Å². The van der Waals surface area contributed by atoms with Crippen LogP contribution in [0.5, 0.6) is 0 Å². The van der Waals surface area contributed by atoms with E-state index in [4.69, 9.17) is 23.7 Å². The number of benzene rings is 1. The highest BCUT2D eigenvalue weighted by atomic mass is 16.9. The molecule has 3 aliphatic heterocycles. The zero-order valence-corrected chi connectivity index (χ0v) is 22.8. The van der Waals surface area contributed by atoms with E-state index in [0.717, 1.165) is 0 Å². The lowest BCUT2D eigenvalue weighted by atomic mass is 9.53. The number of carbonyl (C=O) groups excluding carboxylic acids is 2. The van der Waals surface area contributed by atoms with Crippen LogP contribution >= 0.6 is 0 Å². The fourth-order valence-electron chi connectivity index (χ4n) is 8.53. The van der Waals surface area contributed by atoms with E-state index in [2.05, 4.69) is 6.58 Å². The third-order valence-electron chi connectivity index (χ3n) is 10.4. The van der Waals surface area contributed by atoms with Gasteiger partial charge in [-0.15, -0.1) is 0 Å². The number of ketones is 1. The molecule has 0 aromatic heterocycles. The number of hydrogen-bond acceptors (Lipinski definition) is 10. The first-order valence-electron chi connectivity index (χ1n) is 13.8. The Morgan fingerprint density at radius 3 is 2.48 bits per heavy atom. The number of aliphatic hydroxyl groups excluding tert-OH is 2. The van der Waals surface area contributed by atoms with Crippen LogP contribution in [0.2, 0.25) is 0 Å². The van der Waals surface area contributed by atoms with Crippen molar-refractivity contribution >= 4 is 11.8 Å². The first-order valence-corrected chi connectivity index (χ1v) is 13.8. The molecule has 7 rings (SSSR count). The molecule has 214 valence electrons. The Balaban J connectivity index is 1.56. The van der Waals surface area contributed by atoms with Crippen LogP contribution in [0.4, 0.5) is 0 Å². The van der Waals surface area contributed by atoms with Gasteiger partial charge < -0.3 is 39.0 Å². The van der Waals surface area contributed by atoms with E-state index in [9.17, 15) is 24.9 Å². The summed E-state index contributed by atoms with van der Waals surface area (Å²) in [5, 5.41) is 34.5. The standard InChI is InChI=1S/C30H34O10/c1-6-19(32)36-22-16(5)29-18-12-15(4)21(33)27(18,35)25(34)26(13-31)23(37-26)20(29)24-28(22,14(2)3)39-30(38-24,40-29)17-10-8-7-9-11-17/h7-12,16,18,20,22-25,31,34-35H,2,6,13H2,1,3-5H3/t16-,18-,20+,22-,23+,24-,25-,26+,27-,28+,29+,30?/m0/s1. The molecule has 3 saturated heterocycles. The van der Waals surface area contributed by atoms with Crippen molar-refractivity contribution in [3.63, 3.8) is 0 Å². The van der Waals surface area contributed by atoms with Crippen LogP contribution in [0.25, 0.3) is 0 Å². The number of rotatable bonds is 5. The van der Waals surface area contributed by atoms with Crippen LogP contribution in [0, 0.1) is 17.8 Å². The van der Waals surface area contributed by atoms with Crippen LogP contribution in [0.1, 0.15) is 39.7 Å². The Labute approximate surface area is 231 Å². The number of carbonyl (C=O) groups is 2. The zero-order chi connectivity index (χ0) is 28.6. The second-order valence-electron chi connectivity index (χ2n) is 12.2. The van der Waals surface area contributed by atoms with E-state index in [0.29, 0.717) is 11.1 Å². The maximum absolute atomic E-state index is 13.7. The molecule has 1 aromatic rings. The Morgan fingerprint density at radius 1 is 1.15 bits per heavy atom. The minimum atomic E-state index is -2.39. The number of esters is 1. The second-order valence-corrected chi connectivity index (χ2v) is 12.2. The van der Waals surface area contributed by atoms with Crippen molar-refractivity contribution in [2.24, 2.45) is 17.8 Å². The molecule has 0 spiro atoms. The topological polar surface area (TPSA) is 144 Å². The maximum Gasteiger partial charge on any atom is 0.314 e. The lowest BCUT2D eigenvalue weighted by Gasteiger charge is -2.61.